The first-order valence-corrected chi connectivity index (χ1v) is 5.65. The van der Waals surface area contributed by atoms with E-state index in [2.05, 4.69) is 33.0 Å². The molecule has 0 aromatic carbocycles. The van der Waals surface area contributed by atoms with Crippen molar-refractivity contribution in [1.82, 2.24) is 10.2 Å². The molecule has 1 amide bonds. The van der Waals surface area contributed by atoms with Crippen LogP contribution in [-0.4, -0.2) is 29.6 Å². The van der Waals surface area contributed by atoms with Crippen molar-refractivity contribution < 1.29 is 4.79 Å². The summed E-state index contributed by atoms with van der Waals surface area (Å²) in [7, 11) is 0. The Morgan fingerprint density at radius 1 is 1.43 bits per heavy atom. The number of amides is 1. The molecule has 0 radical (unpaired) electrons. The molecule has 1 N–H and O–H groups in total. The Hall–Kier alpha value is -0.570. The maximum Gasteiger partial charge on any atom is 0.241 e. The van der Waals surface area contributed by atoms with E-state index in [-0.39, 0.29) is 11.9 Å². The zero-order valence-electron chi connectivity index (χ0n) is 9.71. The lowest BCUT2D eigenvalue weighted by Gasteiger charge is -2.25. The van der Waals surface area contributed by atoms with E-state index in [1.807, 2.05) is 4.90 Å². The van der Waals surface area contributed by atoms with Gasteiger partial charge in [0.15, 0.2) is 0 Å². The molecule has 1 fully saturated rings. The number of nitrogens with one attached hydrogen (secondary N) is 1. The van der Waals surface area contributed by atoms with Crippen molar-refractivity contribution in [3.8, 4) is 0 Å². The van der Waals surface area contributed by atoms with Crippen LogP contribution in [-0.2, 0) is 4.79 Å². The van der Waals surface area contributed by atoms with Crippen LogP contribution in [0.15, 0.2) is 0 Å². The van der Waals surface area contributed by atoms with Crippen LogP contribution < -0.4 is 5.32 Å². The van der Waals surface area contributed by atoms with Gasteiger partial charge < -0.3 is 4.90 Å². The summed E-state index contributed by atoms with van der Waals surface area (Å²) in [5.41, 5.74) is 0. The fraction of sp³-hybridized carbons (Fsp3) is 0.909. The van der Waals surface area contributed by atoms with Crippen molar-refractivity contribution in [2.75, 3.05) is 6.67 Å². The molecule has 0 aliphatic carbocycles. The highest BCUT2D eigenvalue weighted by atomic mass is 16.2. The maximum absolute atomic E-state index is 12.0. The average molecular weight is 198 g/mol. The first-order chi connectivity index (χ1) is 6.61. The molecule has 1 atom stereocenters. The van der Waals surface area contributed by atoms with Gasteiger partial charge in [0.2, 0.25) is 5.91 Å². The minimum atomic E-state index is 0.0376. The normalized spacial score (nSPS) is 22.9. The fourth-order valence-electron chi connectivity index (χ4n) is 2.10. The molecule has 0 aromatic rings. The lowest BCUT2D eigenvalue weighted by atomic mass is 10.0. The molecular weight excluding hydrogens is 176 g/mol. The molecule has 82 valence electrons. The van der Waals surface area contributed by atoms with Crippen LogP contribution >= 0.6 is 0 Å². The Labute approximate surface area is 86.9 Å². The summed E-state index contributed by atoms with van der Waals surface area (Å²) in [6.07, 6.45) is 2.10. The van der Waals surface area contributed by atoms with E-state index < -0.39 is 0 Å². The molecule has 3 nitrogen and oxygen atoms in total. The molecule has 1 saturated heterocycles. The van der Waals surface area contributed by atoms with Crippen LogP contribution in [0.2, 0.25) is 0 Å². The third-order valence-electron chi connectivity index (χ3n) is 3.08. The van der Waals surface area contributed by atoms with Gasteiger partial charge in [0.25, 0.3) is 0 Å². The summed E-state index contributed by atoms with van der Waals surface area (Å²) in [5.74, 6) is 0.676. The summed E-state index contributed by atoms with van der Waals surface area (Å²) in [6.45, 7) is 9.19. The van der Waals surface area contributed by atoms with Crippen molar-refractivity contribution in [2.45, 2.75) is 52.6 Å². The van der Waals surface area contributed by atoms with Crippen LogP contribution in [0.3, 0.4) is 0 Å². The Kier molecular flexibility index (Phi) is 3.93. The standard InChI is InChI=1S/C11H22N2O/c1-5-9(6-2)13-7-12-10(8(3)4)11(13)14/h8-10,12H,5-7H2,1-4H3. The van der Waals surface area contributed by atoms with Crippen LogP contribution in [0.1, 0.15) is 40.5 Å². The molecular formula is C11H22N2O. The topological polar surface area (TPSA) is 32.3 Å². The van der Waals surface area contributed by atoms with E-state index in [9.17, 15) is 4.79 Å². The summed E-state index contributed by atoms with van der Waals surface area (Å²) < 4.78 is 0. The Balaban J connectivity index is 2.63. The van der Waals surface area contributed by atoms with E-state index in [0.717, 1.165) is 19.5 Å². The fourth-order valence-corrected chi connectivity index (χ4v) is 2.10. The second kappa shape index (κ2) is 4.78. The van der Waals surface area contributed by atoms with E-state index in [1.165, 1.54) is 0 Å². The van der Waals surface area contributed by atoms with Crippen molar-refractivity contribution in [2.24, 2.45) is 5.92 Å². The van der Waals surface area contributed by atoms with Crippen molar-refractivity contribution in [3.63, 3.8) is 0 Å². The summed E-state index contributed by atoms with van der Waals surface area (Å²) in [6, 6.07) is 0.453. The molecule has 0 bridgehead atoms. The van der Waals surface area contributed by atoms with Crippen LogP contribution in [0.25, 0.3) is 0 Å². The van der Waals surface area contributed by atoms with Gasteiger partial charge >= 0.3 is 0 Å². The molecule has 1 aliphatic heterocycles. The number of rotatable bonds is 4. The van der Waals surface area contributed by atoms with Crippen molar-refractivity contribution in [1.29, 1.82) is 0 Å². The average Bonchev–Trinajstić information content (AvgIpc) is 2.51. The minimum Gasteiger partial charge on any atom is -0.326 e. The first kappa shape index (κ1) is 11.5. The highest BCUT2D eigenvalue weighted by molar-refractivity contribution is 5.84. The smallest absolute Gasteiger partial charge is 0.241 e. The molecule has 0 spiro atoms. The van der Waals surface area contributed by atoms with Gasteiger partial charge in [-0.15, -0.1) is 0 Å². The number of carbonyl (C=O) groups excluding carboxylic acids is 1. The zero-order valence-corrected chi connectivity index (χ0v) is 9.71. The van der Waals surface area contributed by atoms with Gasteiger partial charge in [-0.3, -0.25) is 10.1 Å². The van der Waals surface area contributed by atoms with Gasteiger partial charge in [-0.1, -0.05) is 27.7 Å². The summed E-state index contributed by atoms with van der Waals surface area (Å²) in [5, 5.41) is 3.28. The van der Waals surface area contributed by atoms with Crippen molar-refractivity contribution >= 4 is 5.91 Å². The highest BCUT2D eigenvalue weighted by Crippen LogP contribution is 2.17. The molecule has 1 unspecified atom stereocenters. The monoisotopic (exact) mass is 198 g/mol. The predicted octanol–water partition coefficient (Wildman–Crippen LogP) is 1.59. The Morgan fingerprint density at radius 3 is 2.36 bits per heavy atom. The number of nitrogens with zero attached hydrogens (tertiary/aromatic N) is 1. The quantitative estimate of drug-likeness (QED) is 0.744. The van der Waals surface area contributed by atoms with E-state index in [1.54, 1.807) is 0 Å². The maximum atomic E-state index is 12.0. The van der Waals surface area contributed by atoms with Gasteiger partial charge in [0, 0.05) is 6.04 Å². The molecule has 1 rings (SSSR count). The van der Waals surface area contributed by atoms with Crippen LogP contribution in [0, 0.1) is 5.92 Å². The zero-order chi connectivity index (χ0) is 10.7. The van der Waals surface area contributed by atoms with Crippen LogP contribution in [0.4, 0.5) is 0 Å². The molecule has 1 heterocycles. The predicted molar refractivity (Wildman–Crippen MR) is 57.8 cm³/mol. The first-order valence-electron chi connectivity index (χ1n) is 5.65. The van der Waals surface area contributed by atoms with E-state index in [0.29, 0.717) is 12.0 Å². The number of hydrogen-bond acceptors (Lipinski definition) is 2. The van der Waals surface area contributed by atoms with E-state index in [4.69, 9.17) is 0 Å². The molecule has 3 heteroatoms. The molecule has 0 saturated carbocycles. The SMILES string of the molecule is CCC(CC)N1CNC(C(C)C)C1=O. The van der Waals surface area contributed by atoms with Crippen LogP contribution in [0.5, 0.6) is 0 Å². The minimum absolute atomic E-state index is 0.0376. The lowest BCUT2D eigenvalue weighted by molar-refractivity contribution is -0.131. The van der Waals surface area contributed by atoms with Crippen molar-refractivity contribution in [3.05, 3.63) is 0 Å². The lowest BCUT2D eigenvalue weighted by Crippen LogP contribution is -2.39. The third-order valence-corrected chi connectivity index (χ3v) is 3.08. The van der Waals surface area contributed by atoms with Gasteiger partial charge in [0.05, 0.1) is 12.7 Å². The van der Waals surface area contributed by atoms with E-state index >= 15 is 0 Å². The summed E-state index contributed by atoms with van der Waals surface area (Å²) in [4.78, 5) is 14.0. The summed E-state index contributed by atoms with van der Waals surface area (Å²) >= 11 is 0. The second-order valence-electron chi connectivity index (χ2n) is 4.36. The molecule has 0 aromatic heterocycles. The number of carbonyl (C=O) groups is 1. The van der Waals surface area contributed by atoms with Gasteiger partial charge in [-0.2, -0.15) is 0 Å². The third kappa shape index (κ3) is 2.08. The number of hydrogen-bond donors (Lipinski definition) is 1. The highest BCUT2D eigenvalue weighted by Gasteiger charge is 2.35. The Morgan fingerprint density at radius 2 is 2.00 bits per heavy atom. The molecule has 14 heavy (non-hydrogen) atoms. The van der Waals surface area contributed by atoms with Gasteiger partial charge in [-0.05, 0) is 18.8 Å². The second-order valence-corrected chi connectivity index (χ2v) is 4.36. The largest absolute Gasteiger partial charge is 0.326 e. The Bertz CT molecular complexity index is 199. The van der Waals surface area contributed by atoms with Gasteiger partial charge in [0.1, 0.15) is 0 Å². The molecule has 1 aliphatic rings. The van der Waals surface area contributed by atoms with Gasteiger partial charge in [-0.25, -0.2) is 0 Å².